The molecule has 8 nitrogen and oxygen atoms in total. The largest absolute Gasteiger partial charge is 0.495 e. The lowest BCUT2D eigenvalue weighted by atomic mass is 10.1. The van der Waals surface area contributed by atoms with Gasteiger partial charge in [-0.15, -0.1) is 11.3 Å². The van der Waals surface area contributed by atoms with Gasteiger partial charge in [0.25, 0.3) is 0 Å². The normalized spacial score (nSPS) is 14.2. The second kappa shape index (κ2) is 10.5. The molecule has 2 aromatic carbocycles. The van der Waals surface area contributed by atoms with Crippen molar-refractivity contribution in [2.24, 2.45) is 0 Å². The number of aryl methyl sites for hydroxylation is 1. The molecule has 34 heavy (non-hydrogen) atoms. The highest BCUT2D eigenvalue weighted by Crippen LogP contribution is 2.32. The van der Waals surface area contributed by atoms with E-state index in [4.69, 9.17) is 4.74 Å². The number of benzene rings is 2. The quantitative estimate of drug-likeness (QED) is 0.456. The number of anilines is 2. The summed E-state index contributed by atoms with van der Waals surface area (Å²) in [5.41, 5.74) is 3.18. The van der Waals surface area contributed by atoms with Crippen molar-refractivity contribution in [1.29, 1.82) is 0 Å². The third-order valence-electron chi connectivity index (χ3n) is 5.75. The van der Waals surface area contributed by atoms with E-state index in [9.17, 15) is 13.2 Å². The monoisotopic (exact) mass is 500 g/mol. The highest BCUT2D eigenvalue weighted by atomic mass is 32.2. The van der Waals surface area contributed by atoms with Crippen LogP contribution in [0, 0.1) is 0 Å². The molecular weight excluding hydrogens is 472 g/mol. The van der Waals surface area contributed by atoms with E-state index in [1.807, 2.05) is 30.6 Å². The molecule has 1 aliphatic heterocycles. The van der Waals surface area contributed by atoms with Crippen LogP contribution in [0.15, 0.2) is 52.7 Å². The molecule has 1 fully saturated rings. The van der Waals surface area contributed by atoms with Gasteiger partial charge >= 0.3 is 0 Å². The van der Waals surface area contributed by atoms with E-state index in [0.717, 1.165) is 34.8 Å². The van der Waals surface area contributed by atoms with Crippen LogP contribution >= 0.6 is 11.3 Å². The average Bonchev–Trinajstić information content (AvgIpc) is 3.56. The van der Waals surface area contributed by atoms with Crippen molar-refractivity contribution in [2.45, 2.75) is 30.6 Å². The summed E-state index contributed by atoms with van der Waals surface area (Å²) in [6, 6.07) is 12.4. The number of carbonyl (C=O) groups excluding carboxylic acids is 1. The van der Waals surface area contributed by atoms with Crippen LogP contribution < -0.4 is 15.4 Å². The van der Waals surface area contributed by atoms with Crippen molar-refractivity contribution in [3.05, 3.63) is 53.4 Å². The molecule has 0 bridgehead atoms. The van der Waals surface area contributed by atoms with Gasteiger partial charge in [-0.05, 0) is 55.2 Å². The highest BCUT2D eigenvalue weighted by molar-refractivity contribution is 7.89. The van der Waals surface area contributed by atoms with Crippen LogP contribution in [-0.2, 0) is 21.2 Å². The molecule has 2 heterocycles. The summed E-state index contributed by atoms with van der Waals surface area (Å²) in [5.74, 6) is 0.413. The summed E-state index contributed by atoms with van der Waals surface area (Å²) in [6.07, 6.45) is 2.56. The van der Waals surface area contributed by atoms with E-state index in [-0.39, 0.29) is 12.3 Å². The Balaban J connectivity index is 1.39. The zero-order chi connectivity index (χ0) is 24.1. The molecule has 0 aliphatic carbocycles. The van der Waals surface area contributed by atoms with E-state index in [1.165, 1.54) is 15.6 Å². The fourth-order valence-corrected chi connectivity index (χ4v) is 6.06. The number of hydrogen-bond acceptors (Lipinski definition) is 7. The maximum absolute atomic E-state index is 12.7. The molecular formula is C24H28N4O4S2. The fraction of sp³-hybridized carbons (Fsp3) is 0.333. The molecule has 2 N–H and O–H groups in total. The van der Waals surface area contributed by atoms with E-state index in [0.29, 0.717) is 35.8 Å². The van der Waals surface area contributed by atoms with Crippen LogP contribution in [0.4, 0.5) is 10.8 Å². The van der Waals surface area contributed by atoms with Crippen LogP contribution in [0.25, 0.3) is 11.3 Å². The van der Waals surface area contributed by atoms with Gasteiger partial charge in [-0.3, -0.25) is 4.79 Å². The Bertz CT molecular complexity index is 1250. The van der Waals surface area contributed by atoms with Gasteiger partial charge in [0.05, 0.1) is 23.4 Å². The Labute approximate surface area is 204 Å². The molecule has 1 amide bonds. The molecule has 10 heteroatoms. The molecule has 180 valence electrons. The van der Waals surface area contributed by atoms with E-state index >= 15 is 0 Å². The summed E-state index contributed by atoms with van der Waals surface area (Å²) in [6.45, 7) is 1.15. The molecule has 0 saturated carbocycles. The second-order valence-electron chi connectivity index (χ2n) is 8.01. The van der Waals surface area contributed by atoms with Crippen molar-refractivity contribution in [2.75, 3.05) is 37.9 Å². The minimum atomic E-state index is -3.43. The highest BCUT2D eigenvalue weighted by Gasteiger charge is 2.26. The van der Waals surface area contributed by atoms with Crippen molar-refractivity contribution in [3.8, 4) is 17.0 Å². The fourth-order valence-electron chi connectivity index (χ4n) is 3.86. The van der Waals surface area contributed by atoms with Gasteiger partial charge < -0.3 is 15.4 Å². The Morgan fingerprint density at radius 2 is 1.88 bits per heavy atom. The van der Waals surface area contributed by atoms with E-state index in [2.05, 4.69) is 15.6 Å². The Morgan fingerprint density at radius 3 is 2.53 bits per heavy atom. The van der Waals surface area contributed by atoms with Crippen LogP contribution in [-0.4, -0.2) is 50.9 Å². The second-order valence-corrected chi connectivity index (χ2v) is 10.8. The number of sulfonamides is 1. The van der Waals surface area contributed by atoms with Crippen LogP contribution in [0.5, 0.6) is 5.75 Å². The van der Waals surface area contributed by atoms with Gasteiger partial charge in [-0.1, -0.05) is 12.1 Å². The lowest BCUT2D eigenvalue weighted by molar-refractivity contribution is -0.116. The number of nitrogens with zero attached hydrogens (tertiary/aromatic N) is 2. The number of thiazole rings is 1. The molecule has 0 atom stereocenters. The summed E-state index contributed by atoms with van der Waals surface area (Å²) in [4.78, 5) is 17.5. The molecule has 3 aromatic rings. The van der Waals surface area contributed by atoms with Crippen LogP contribution in [0.2, 0.25) is 0 Å². The SMILES string of the molecule is CNc1nc(-c2ccc(OC)c(NC(=O)CCc3ccc(S(=O)(=O)N4CCCC4)cc3)c2)cs1. The predicted octanol–water partition coefficient (Wildman–Crippen LogP) is 4.22. The van der Waals surface area contributed by atoms with Gasteiger partial charge in [0, 0.05) is 37.5 Å². The lowest BCUT2D eigenvalue weighted by Gasteiger charge is -2.15. The first-order valence-corrected chi connectivity index (χ1v) is 13.4. The van der Waals surface area contributed by atoms with Crippen LogP contribution in [0.3, 0.4) is 0 Å². The number of carbonyl (C=O) groups is 1. The van der Waals surface area contributed by atoms with Crippen molar-refractivity contribution >= 4 is 38.1 Å². The minimum absolute atomic E-state index is 0.154. The van der Waals surface area contributed by atoms with Crippen molar-refractivity contribution in [1.82, 2.24) is 9.29 Å². The summed E-state index contributed by atoms with van der Waals surface area (Å²) < 4.78 is 32.3. The van der Waals surface area contributed by atoms with Crippen molar-refractivity contribution in [3.63, 3.8) is 0 Å². The summed E-state index contributed by atoms with van der Waals surface area (Å²) in [7, 11) is -0.0490. The van der Waals surface area contributed by atoms with Gasteiger partial charge in [0.1, 0.15) is 5.75 Å². The third-order valence-corrected chi connectivity index (χ3v) is 8.53. The maximum Gasteiger partial charge on any atom is 0.243 e. The molecule has 0 unspecified atom stereocenters. The first kappa shape index (κ1) is 24.2. The number of hydrogen-bond donors (Lipinski definition) is 2. The number of nitrogens with one attached hydrogen (secondary N) is 2. The number of ether oxygens (including phenoxy) is 1. The zero-order valence-corrected chi connectivity index (χ0v) is 20.8. The van der Waals surface area contributed by atoms with E-state index in [1.54, 1.807) is 31.4 Å². The molecule has 0 spiro atoms. The number of rotatable bonds is 9. The van der Waals surface area contributed by atoms with Gasteiger partial charge in [-0.2, -0.15) is 4.31 Å². The molecule has 0 radical (unpaired) electrons. The Morgan fingerprint density at radius 1 is 1.15 bits per heavy atom. The molecule has 1 aliphatic rings. The maximum atomic E-state index is 12.7. The average molecular weight is 501 g/mol. The smallest absolute Gasteiger partial charge is 0.243 e. The number of aromatic nitrogens is 1. The molecule has 1 saturated heterocycles. The standard InChI is InChI=1S/C24H28N4O4S2/c1-25-24-27-21(16-33-24)18-8-11-22(32-2)20(15-18)26-23(29)12-7-17-5-9-19(10-6-17)34(30,31)28-13-3-4-14-28/h5-6,8-11,15-16H,3-4,7,12-14H2,1-2H3,(H,25,27)(H,26,29). The summed E-state index contributed by atoms with van der Waals surface area (Å²) in [5, 5.41) is 8.72. The third kappa shape index (κ3) is 5.40. The first-order chi connectivity index (χ1) is 16.4. The van der Waals surface area contributed by atoms with Gasteiger partial charge in [0.15, 0.2) is 5.13 Å². The number of amides is 1. The molecule has 4 rings (SSSR count). The van der Waals surface area contributed by atoms with Crippen molar-refractivity contribution < 1.29 is 17.9 Å². The number of methoxy groups -OCH3 is 1. The van der Waals surface area contributed by atoms with Gasteiger partial charge in [0.2, 0.25) is 15.9 Å². The topological polar surface area (TPSA) is 101 Å². The minimum Gasteiger partial charge on any atom is -0.495 e. The first-order valence-electron chi connectivity index (χ1n) is 11.1. The van der Waals surface area contributed by atoms with E-state index < -0.39 is 10.0 Å². The summed E-state index contributed by atoms with van der Waals surface area (Å²) >= 11 is 1.51. The van der Waals surface area contributed by atoms with Crippen LogP contribution in [0.1, 0.15) is 24.8 Å². The zero-order valence-electron chi connectivity index (χ0n) is 19.2. The lowest BCUT2D eigenvalue weighted by Crippen LogP contribution is -2.27. The Kier molecular flexibility index (Phi) is 7.50. The molecule has 1 aromatic heterocycles. The predicted molar refractivity (Wildman–Crippen MR) is 135 cm³/mol. The Hall–Kier alpha value is -2.95. The van der Waals surface area contributed by atoms with Gasteiger partial charge in [-0.25, -0.2) is 13.4 Å².